The van der Waals surface area contributed by atoms with Crippen LogP contribution >= 0.6 is 0 Å². The second-order valence-corrected chi connectivity index (χ2v) is 6.12. The molecular formula is C18H28NO2+. The third kappa shape index (κ3) is 4.87. The van der Waals surface area contributed by atoms with E-state index in [1.165, 1.54) is 11.1 Å². The molecule has 116 valence electrons. The average Bonchev–Trinajstić information content (AvgIpc) is 2.40. The third-order valence-electron chi connectivity index (χ3n) is 3.91. The van der Waals surface area contributed by atoms with Crippen molar-refractivity contribution in [3.05, 3.63) is 42.0 Å². The number of hydrogen-bond donors (Lipinski definition) is 1. The van der Waals surface area contributed by atoms with Crippen molar-refractivity contribution in [2.45, 2.75) is 39.4 Å². The van der Waals surface area contributed by atoms with Crippen molar-refractivity contribution in [2.75, 3.05) is 26.2 Å². The molecule has 21 heavy (non-hydrogen) atoms. The Kier molecular flexibility index (Phi) is 5.83. The summed E-state index contributed by atoms with van der Waals surface area (Å²) in [5.74, 6) is 0.995. The Morgan fingerprint density at radius 3 is 2.71 bits per heavy atom. The maximum absolute atomic E-state index is 6.01. The summed E-state index contributed by atoms with van der Waals surface area (Å²) in [5, 5.41) is 0. The fraction of sp³-hybridized carbons (Fsp3) is 0.556. The van der Waals surface area contributed by atoms with Gasteiger partial charge < -0.3 is 14.4 Å². The number of hydrogen-bond acceptors (Lipinski definition) is 2. The molecule has 2 atom stereocenters. The highest BCUT2D eigenvalue weighted by Crippen LogP contribution is 2.20. The smallest absolute Gasteiger partial charge is 0.137 e. The van der Waals surface area contributed by atoms with Crippen LogP contribution in [0.25, 0.3) is 0 Å². The molecule has 1 aromatic rings. The average molecular weight is 290 g/mol. The summed E-state index contributed by atoms with van der Waals surface area (Å²) in [6.45, 7) is 14.2. The van der Waals surface area contributed by atoms with Crippen molar-refractivity contribution < 1.29 is 14.4 Å². The van der Waals surface area contributed by atoms with E-state index in [1.54, 1.807) is 4.90 Å². The second kappa shape index (κ2) is 7.62. The largest absolute Gasteiger partial charge is 0.487 e. The number of rotatable bonds is 6. The van der Waals surface area contributed by atoms with E-state index >= 15 is 0 Å². The zero-order chi connectivity index (χ0) is 15.2. The number of quaternary nitrogens is 1. The summed E-state index contributed by atoms with van der Waals surface area (Å²) in [4.78, 5) is 1.57. The number of allylic oxidation sites excluding steroid dienone is 1. The Labute approximate surface area is 128 Å². The Morgan fingerprint density at radius 1 is 1.33 bits per heavy atom. The van der Waals surface area contributed by atoms with Gasteiger partial charge in [0.2, 0.25) is 0 Å². The standard InChI is InChI=1S/C18H27NO2/c1-5-6-17-11-14(2)7-8-18(17)20-10-9-19-12-15(3)21-16(4)13-19/h5,7-8,11,15-16H,1,6,9-10,12-13H2,2-4H3/p+1/t15-,16-/m0/s1. The van der Waals surface area contributed by atoms with E-state index in [1.807, 2.05) is 6.08 Å². The lowest BCUT2D eigenvalue weighted by molar-refractivity contribution is -0.915. The molecule has 0 aliphatic carbocycles. The van der Waals surface area contributed by atoms with Gasteiger partial charge in [0, 0.05) is 0 Å². The quantitative estimate of drug-likeness (QED) is 0.807. The van der Waals surface area contributed by atoms with Gasteiger partial charge in [-0.2, -0.15) is 0 Å². The first-order valence-electron chi connectivity index (χ1n) is 7.90. The lowest BCUT2D eigenvalue weighted by atomic mass is 10.1. The van der Waals surface area contributed by atoms with Crippen molar-refractivity contribution in [3.63, 3.8) is 0 Å². The number of ether oxygens (including phenoxy) is 2. The van der Waals surface area contributed by atoms with Gasteiger partial charge in [-0.1, -0.05) is 23.8 Å². The first kappa shape index (κ1) is 16.1. The minimum Gasteiger partial charge on any atom is -0.487 e. The van der Waals surface area contributed by atoms with Gasteiger partial charge in [0.05, 0.1) is 0 Å². The van der Waals surface area contributed by atoms with Crippen molar-refractivity contribution >= 4 is 0 Å². The van der Waals surface area contributed by atoms with Crippen LogP contribution in [0.5, 0.6) is 5.75 Å². The summed E-state index contributed by atoms with van der Waals surface area (Å²) in [6.07, 6.45) is 3.48. The fourth-order valence-corrected chi connectivity index (χ4v) is 3.06. The molecular weight excluding hydrogens is 262 g/mol. The first-order chi connectivity index (χ1) is 10.1. The Hall–Kier alpha value is -1.32. The van der Waals surface area contributed by atoms with Crippen molar-refractivity contribution in [1.29, 1.82) is 0 Å². The van der Waals surface area contributed by atoms with Gasteiger partial charge >= 0.3 is 0 Å². The van der Waals surface area contributed by atoms with Gasteiger partial charge in [-0.3, -0.25) is 0 Å². The number of nitrogens with one attached hydrogen (secondary N) is 1. The van der Waals surface area contributed by atoms with Crippen LogP contribution in [-0.2, 0) is 11.2 Å². The molecule has 0 unspecified atom stereocenters. The van der Waals surface area contributed by atoms with Gasteiger partial charge in [-0.15, -0.1) is 6.58 Å². The van der Waals surface area contributed by atoms with Gasteiger partial charge in [-0.05, 0) is 38.8 Å². The molecule has 0 aromatic heterocycles. The van der Waals surface area contributed by atoms with Crippen molar-refractivity contribution in [1.82, 2.24) is 0 Å². The van der Waals surface area contributed by atoms with Crippen molar-refractivity contribution in [3.8, 4) is 5.75 Å². The minimum absolute atomic E-state index is 0.347. The zero-order valence-corrected chi connectivity index (χ0v) is 13.5. The molecule has 1 aliphatic rings. The van der Waals surface area contributed by atoms with Crippen LogP contribution in [0.15, 0.2) is 30.9 Å². The van der Waals surface area contributed by atoms with Crippen LogP contribution in [0.2, 0.25) is 0 Å². The van der Waals surface area contributed by atoms with E-state index in [0.717, 1.165) is 38.4 Å². The third-order valence-corrected chi connectivity index (χ3v) is 3.91. The van der Waals surface area contributed by atoms with Crippen LogP contribution in [0.4, 0.5) is 0 Å². The topological polar surface area (TPSA) is 22.9 Å². The molecule has 1 N–H and O–H groups in total. The molecule has 0 spiro atoms. The SMILES string of the molecule is C=CCc1cc(C)ccc1OCC[NH+]1C[C@H](C)O[C@@H](C)C1. The molecule has 3 nitrogen and oxygen atoms in total. The highest BCUT2D eigenvalue weighted by Gasteiger charge is 2.25. The second-order valence-electron chi connectivity index (χ2n) is 6.12. The van der Waals surface area contributed by atoms with Crippen LogP contribution in [0.1, 0.15) is 25.0 Å². The van der Waals surface area contributed by atoms with E-state index in [4.69, 9.17) is 9.47 Å². The zero-order valence-electron chi connectivity index (χ0n) is 13.5. The van der Waals surface area contributed by atoms with Gasteiger partial charge in [0.25, 0.3) is 0 Å². The van der Waals surface area contributed by atoms with Gasteiger partial charge in [0.1, 0.15) is 44.2 Å². The Balaban J connectivity index is 1.87. The molecule has 1 fully saturated rings. The van der Waals surface area contributed by atoms with Crippen LogP contribution in [0, 0.1) is 6.92 Å². The summed E-state index contributed by atoms with van der Waals surface area (Å²) < 4.78 is 11.8. The molecule has 1 saturated heterocycles. The Morgan fingerprint density at radius 2 is 2.05 bits per heavy atom. The highest BCUT2D eigenvalue weighted by atomic mass is 16.5. The first-order valence-corrected chi connectivity index (χ1v) is 7.90. The Bertz CT molecular complexity index is 462. The van der Waals surface area contributed by atoms with E-state index in [-0.39, 0.29) is 0 Å². The number of benzene rings is 1. The summed E-state index contributed by atoms with van der Waals surface area (Å²) >= 11 is 0. The molecule has 1 aliphatic heterocycles. The summed E-state index contributed by atoms with van der Waals surface area (Å²) in [7, 11) is 0. The number of morpholine rings is 1. The minimum atomic E-state index is 0.347. The maximum atomic E-state index is 6.01. The molecule has 3 heteroatoms. The van der Waals surface area contributed by atoms with E-state index in [2.05, 4.69) is 45.5 Å². The summed E-state index contributed by atoms with van der Waals surface area (Å²) in [5.41, 5.74) is 2.49. The molecule has 0 radical (unpaired) electrons. The number of aryl methyl sites for hydroxylation is 1. The lowest BCUT2D eigenvalue weighted by Gasteiger charge is -2.32. The fourth-order valence-electron chi connectivity index (χ4n) is 3.06. The van der Waals surface area contributed by atoms with Crippen molar-refractivity contribution in [2.24, 2.45) is 0 Å². The lowest BCUT2D eigenvalue weighted by Crippen LogP contribution is -3.16. The van der Waals surface area contributed by atoms with Crippen LogP contribution < -0.4 is 9.64 Å². The predicted molar refractivity (Wildman–Crippen MR) is 86.1 cm³/mol. The maximum Gasteiger partial charge on any atom is 0.137 e. The molecule has 0 saturated carbocycles. The van der Waals surface area contributed by atoms with Gasteiger partial charge in [-0.25, -0.2) is 0 Å². The van der Waals surface area contributed by atoms with Crippen LogP contribution in [0.3, 0.4) is 0 Å². The predicted octanol–water partition coefficient (Wildman–Crippen LogP) is 1.79. The molecule has 1 aromatic carbocycles. The van der Waals surface area contributed by atoms with E-state index in [9.17, 15) is 0 Å². The molecule has 0 amide bonds. The summed E-state index contributed by atoms with van der Waals surface area (Å²) in [6, 6.07) is 6.37. The highest BCUT2D eigenvalue weighted by molar-refractivity contribution is 5.38. The van der Waals surface area contributed by atoms with E-state index in [0.29, 0.717) is 12.2 Å². The van der Waals surface area contributed by atoms with Crippen LogP contribution in [-0.4, -0.2) is 38.4 Å². The van der Waals surface area contributed by atoms with Gasteiger partial charge in [0.15, 0.2) is 0 Å². The molecule has 1 heterocycles. The molecule has 0 bridgehead atoms. The van der Waals surface area contributed by atoms with E-state index < -0.39 is 0 Å². The monoisotopic (exact) mass is 290 g/mol. The normalized spacial score (nSPS) is 25.6. The molecule has 2 rings (SSSR count).